The number of H-pyrrole nitrogens is 1. The van der Waals surface area contributed by atoms with Crippen LogP contribution in [0.3, 0.4) is 0 Å². The standard InChI is InChI=1S/C13H20N4O4/c1-13(3-2-4-21-13)7-15-12(20)17-10(11(18)19)5-9-6-14-8-16-9/h6,8,10H,2-5,7H2,1H3,(H,14,16)(H,18,19)(H2,15,17,20). The lowest BCUT2D eigenvalue weighted by Crippen LogP contribution is -2.50. The molecule has 0 radical (unpaired) electrons. The number of nitrogens with zero attached hydrogens (tertiary/aromatic N) is 1. The SMILES string of the molecule is CC1(CNC(=O)NC(Cc2cnc[nH]2)C(=O)O)CCCO1. The van der Waals surface area contributed by atoms with Crippen LogP contribution in [0.15, 0.2) is 12.5 Å². The smallest absolute Gasteiger partial charge is 0.326 e. The summed E-state index contributed by atoms with van der Waals surface area (Å²) >= 11 is 0. The maximum atomic E-state index is 11.8. The number of nitrogens with one attached hydrogen (secondary N) is 3. The third kappa shape index (κ3) is 4.45. The average molecular weight is 296 g/mol. The molecule has 1 aliphatic heterocycles. The Morgan fingerprint density at radius 1 is 1.62 bits per heavy atom. The summed E-state index contributed by atoms with van der Waals surface area (Å²) in [5.74, 6) is -1.09. The summed E-state index contributed by atoms with van der Waals surface area (Å²) in [6.45, 7) is 2.98. The van der Waals surface area contributed by atoms with E-state index in [2.05, 4.69) is 20.6 Å². The number of rotatable bonds is 6. The van der Waals surface area contributed by atoms with E-state index in [1.54, 1.807) is 0 Å². The molecular formula is C13H20N4O4. The molecule has 4 N–H and O–H groups in total. The second-order valence-electron chi connectivity index (χ2n) is 5.40. The van der Waals surface area contributed by atoms with Gasteiger partial charge >= 0.3 is 12.0 Å². The number of carboxylic acids is 1. The molecule has 0 aliphatic carbocycles. The number of carbonyl (C=O) groups is 2. The van der Waals surface area contributed by atoms with Crippen molar-refractivity contribution in [2.75, 3.05) is 13.2 Å². The number of carboxylic acid groups (broad SMARTS) is 1. The molecule has 0 bridgehead atoms. The third-order valence-corrected chi connectivity index (χ3v) is 3.51. The van der Waals surface area contributed by atoms with Gasteiger partial charge in [-0.05, 0) is 19.8 Å². The summed E-state index contributed by atoms with van der Waals surface area (Å²) in [5, 5.41) is 14.3. The predicted octanol–water partition coefficient (Wildman–Crippen LogP) is 0.274. The van der Waals surface area contributed by atoms with E-state index in [0.29, 0.717) is 18.8 Å². The van der Waals surface area contributed by atoms with Gasteiger partial charge in [0.2, 0.25) is 0 Å². The molecule has 1 aliphatic rings. The number of hydrogen-bond donors (Lipinski definition) is 4. The van der Waals surface area contributed by atoms with Gasteiger partial charge in [0.15, 0.2) is 0 Å². The minimum absolute atomic E-state index is 0.149. The Labute approximate surface area is 122 Å². The lowest BCUT2D eigenvalue weighted by atomic mass is 10.0. The minimum atomic E-state index is -1.09. The Morgan fingerprint density at radius 3 is 3.00 bits per heavy atom. The second-order valence-corrected chi connectivity index (χ2v) is 5.40. The first-order chi connectivity index (χ1) is 9.98. The number of imidazole rings is 1. The topological polar surface area (TPSA) is 116 Å². The number of aliphatic carboxylic acids is 1. The highest BCUT2D eigenvalue weighted by Gasteiger charge is 2.30. The molecule has 0 aromatic carbocycles. The normalized spacial score (nSPS) is 22.7. The molecule has 1 aromatic heterocycles. The molecule has 2 amide bonds. The molecule has 1 saturated heterocycles. The Bertz CT molecular complexity index is 482. The van der Waals surface area contributed by atoms with Crippen molar-refractivity contribution in [1.82, 2.24) is 20.6 Å². The minimum Gasteiger partial charge on any atom is -0.480 e. The zero-order valence-corrected chi connectivity index (χ0v) is 11.9. The molecule has 1 aromatic rings. The van der Waals surface area contributed by atoms with Crippen molar-refractivity contribution in [2.24, 2.45) is 0 Å². The first kappa shape index (κ1) is 15.3. The van der Waals surface area contributed by atoms with Crippen molar-refractivity contribution < 1.29 is 19.4 Å². The van der Waals surface area contributed by atoms with Gasteiger partial charge in [-0.1, -0.05) is 0 Å². The Kier molecular flexibility index (Phi) is 4.79. The lowest BCUT2D eigenvalue weighted by Gasteiger charge is -2.24. The zero-order chi connectivity index (χ0) is 15.3. The highest BCUT2D eigenvalue weighted by Crippen LogP contribution is 2.23. The molecule has 2 atom stereocenters. The van der Waals surface area contributed by atoms with Crippen LogP contribution in [-0.4, -0.2) is 51.9 Å². The average Bonchev–Trinajstić information content (AvgIpc) is 3.08. The lowest BCUT2D eigenvalue weighted by molar-refractivity contribution is -0.139. The molecule has 0 spiro atoms. The van der Waals surface area contributed by atoms with Crippen LogP contribution in [0.5, 0.6) is 0 Å². The van der Waals surface area contributed by atoms with Crippen molar-refractivity contribution in [3.05, 3.63) is 18.2 Å². The van der Waals surface area contributed by atoms with E-state index in [-0.39, 0.29) is 12.0 Å². The molecule has 8 heteroatoms. The highest BCUT2D eigenvalue weighted by atomic mass is 16.5. The molecule has 1 fully saturated rings. The largest absolute Gasteiger partial charge is 0.480 e. The molecule has 21 heavy (non-hydrogen) atoms. The van der Waals surface area contributed by atoms with Crippen LogP contribution >= 0.6 is 0 Å². The first-order valence-corrected chi connectivity index (χ1v) is 6.87. The van der Waals surface area contributed by atoms with E-state index >= 15 is 0 Å². The predicted molar refractivity (Wildman–Crippen MR) is 73.8 cm³/mol. The quantitative estimate of drug-likeness (QED) is 0.601. The van der Waals surface area contributed by atoms with Crippen LogP contribution in [0.25, 0.3) is 0 Å². The monoisotopic (exact) mass is 296 g/mol. The molecule has 116 valence electrons. The van der Waals surface area contributed by atoms with E-state index in [0.717, 1.165) is 12.8 Å². The van der Waals surface area contributed by atoms with Crippen molar-refractivity contribution in [3.8, 4) is 0 Å². The van der Waals surface area contributed by atoms with Gasteiger partial charge in [0.1, 0.15) is 6.04 Å². The van der Waals surface area contributed by atoms with Gasteiger partial charge in [0.25, 0.3) is 0 Å². The number of aromatic nitrogens is 2. The molecular weight excluding hydrogens is 276 g/mol. The number of amides is 2. The van der Waals surface area contributed by atoms with Gasteiger partial charge in [0.05, 0.1) is 11.9 Å². The summed E-state index contributed by atoms with van der Waals surface area (Å²) in [5.41, 5.74) is 0.285. The van der Waals surface area contributed by atoms with Crippen molar-refractivity contribution >= 4 is 12.0 Å². The number of carbonyl (C=O) groups excluding carboxylic acids is 1. The molecule has 8 nitrogen and oxygen atoms in total. The Morgan fingerprint density at radius 2 is 2.43 bits per heavy atom. The van der Waals surface area contributed by atoms with E-state index in [1.165, 1.54) is 12.5 Å². The van der Waals surface area contributed by atoms with Crippen molar-refractivity contribution in [1.29, 1.82) is 0 Å². The van der Waals surface area contributed by atoms with E-state index in [9.17, 15) is 9.59 Å². The third-order valence-electron chi connectivity index (χ3n) is 3.51. The van der Waals surface area contributed by atoms with Gasteiger partial charge in [0, 0.05) is 31.5 Å². The fourth-order valence-electron chi connectivity index (χ4n) is 2.27. The van der Waals surface area contributed by atoms with Gasteiger partial charge in [-0.3, -0.25) is 0 Å². The summed E-state index contributed by atoms with van der Waals surface area (Å²) < 4.78 is 5.56. The van der Waals surface area contributed by atoms with Gasteiger partial charge in [-0.25, -0.2) is 14.6 Å². The first-order valence-electron chi connectivity index (χ1n) is 6.87. The summed E-state index contributed by atoms with van der Waals surface area (Å²) in [4.78, 5) is 29.6. The van der Waals surface area contributed by atoms with Crippen molar-refractivity contribution in [3.63, 3.8) is 0 Å². The molecule has 0 saturated carbocycles. The number of hydrogen-bond acceptors (Lipinski definition) is 4. The van der Waals surface area contributed by atoms with Crippen LogP contribution in [0, 0.1) is 0 Å². The molecule has 2 heterocycles. The summed E-state index contributed by atoms with van der Waals surface area (Å²) in [6.07, 6.45) is 4.99. The van der Waals surface area contributed by atoms with Crippen LogP contribution in [0.2, 0.25) is 0 Å². The number of aromatic amines is 1. The van der Waals surface area contributed by atoms with Gasteiger partial charge in [-0.2, -0.15) is 0 Å². The Hall–Kier alpha value is -2.09. The molecule has 2 rings (SSSR count). The van der Waals surface area contributed by atoms with E-state index in [1.807, 2.05) is 6.92 Å². The maximum Gasteiger partial charge on any atom is 0.326 e. The summed E-state index contributed by atoms with van der Waals surface area (Å²) in [6, 6.07) is -1.53. The fraction of sp³-hybridized carbons (Fsp3) is 0.615. The Balaban J connectivity index is 1.82. The van der Waals surface area contributed by atoms with Crippen LogP contribution < -0.4 is 10.6 Å². The zero-order valence-electron chi connectivity index (χ0n) is 11.9. The van der Waals surface area contributed by atoms with Crippen molar-refractivity contribution in [2.45, 2.75) is 37.8 Å². The number of ether oxygens (including phenoxy) is 1. The second kappa shape index (κ2) is 6.57. The van der Waals surface area contributed by atoms with Crippen LogP contribution in [0.4, 0.5) is 4.79 Å². The van der Waals surface area contributed by atoms with E-state index in [4.69, 9.17) is 9.84 Å². The van der Waals surface area contributed by atoms with Gasteiger partial charge in [-0.15, -0.1) is 0 Å². The highest BCUT2D eigenvalue weighted by molar-refractivity contribution is 5.82. The van der Waals surface area contributed by atoms with Gasteiger partial charge < -0.3 is 25.5 Å². The molecule has 2 unspecified atom stereocenters. The van der Waals surface area contributed by atoms with E-state index < -0.39 is 18.0 Å². The van der Waals surface area contributed by atoms with Crippen LogP contribution in [0.1, 0.15) is 25.5 Å². The fourth-order valence-corrected chi connectivity index (χ4v) is 2.27. The number of urea groups is 1. The summed E-state index contributed by atoms with van der Waals surface area (Å²) in [7, 11) is 0. The maximum absolute atomic E-state index is 11.8. The van der Waals surface area contributed by atoms with Crippen LogP contribution in [-0.2, 0) is 16.0 Å².